The highest BCUT2D eigenvalue weighted by molar-refractivity contribution is 6.09. The zero-order chi connectivity index (χ0) is 26.3. The number of aryl methyl sites for hydroxylation is 1. The Morgan fingerprint density at radius 2 is 1.53 bits per heavy atom. The first-order valence-electron chi connectivity index (χ1n) is 12.3. The van der Waals surface area contributed by atoms with Gasteiger partial charge in [-0.3, -0.25) is 9.59 Å². The van der Waals surface area contributed by atoms with E-state index < -0.39 is 5.91 Å². The summed E-state index contributed by atoms with van der Waals surface area (Å²) in [4.78, 5) is 26.2. The number of amides is 1. The van der Waals surface area contributed by atoms with Crippen molar-refractivity contribution < 1.29 is 23.5 Å². The summed E-state index contributed by atoms with van der Waals surface area (Å²) in [5, 5.41) is 2.83. The van der Waals surface area contributed by atoms with Gasteiger partial charge in [0.05, 0.1) is 14.2 Å². The van der Waals surface area contributed by atoms with Gasteiger partial charge in [0, 0.05) is 23.7 Å². The summed E-state index contributed by atoms with van der Waals surface area (Å²) in [6.07, 6.45) is 2.17. The van der Waals surface area contributed by atoms with Crippen molar-refractivity contribution >= 4 is 11.7 Å². The highest BCUT2D eigenvalue weighted by Gasteiger charge is 2.38. The van der Waals surface area contributed by atoms with Gasteiger partial charge in [0.2, 0.25) is 5.78 Å². The van der Waals surface area contributed by atoms with Crippen LogP contribution in [0.5, 0.6) is 11.5 Å². The van der Waals surface area contributed by atoms with Crippen molar-refractivity contribution in [2.24, 2.45) is 0 Å². The predicted octanol–water partition coefficient (Wildman–Crippen LogP) is 6.12. The van der Waals surface area contributed by atoms with Gasteiger partial charge in [-0.1, -0.05) is 33.8 Å². The van der Waals surface area contributed by atoms with Crippen molar-refractivity contribution in [3.8, 4) is 11.5 Å². The van der Waals surface area contributed by atoms with Crippen LogP contribution in [0.4, 0.5) is 0 Å². The first-order chi connectivity index (χ1) is 17.0. The molecule has 1 heterocycles. The van der Waals surface area contributed by atoms with Gasteiger partial charge in [-0.25, -0.2) is 0 Å². The SMILES string of the molecule is COc1ccc(CNC(=O)c2ccc(C(=O)c3cc4c(cc3C)C(C)(C)CCC4(C)C)o2)c(OC)c1. The quantitative estimate of drug-likeness (QED) is 0.405. The molecule has 0 radical (unpaired) electrons. The third-order valence-corrected chi connectivity index (χ3v) is 7.43. The summed E-state index contributed by atoms with van der Waals surface area (Å²) in [6.45, 7) is 11.2. The Morgan fingerprint density at radius 1 is 0.889 bits per heavy atom. The fraction of sp³-hybridized carbons (Fsp3) is 0.400. The lowest BCUT2D eigenvalue weighted by molar-refractivity contribution is 0.0916. The average molecular weight is 490 g/mol. The molecular formula is C30H35NO5. The molecule has 2 aromatic carbocycles. The first kappa shape index (κ1) is 25.5. The van der Waals surface area contributed by atoms with E-state index in [1.807, 2.05) is 19.1 Å². The Kier molecular flexibility index (Phi) is 6.74. The number of furan rings is 1. The minimum atomic E-state index is -0.406. The molecule has 3 aromatic rings. The maximum atomic E-state index is 13.4. The van der Waals surface area contributed by atoms with Gasteiger partial charge in [-0.15, -0.1) is 0 Å². The fourth-order valence-electron chi connectivity index (χ4n) is 4.94. The zero-order valence-electron chi connectivity index (χ0n) is 22.2. The van der Waals surface area contributed by atoms with Gasteiger partial charge >= 0.3 is 0 Å². The first-order valence-corrected chi connectivity index (χ1v) is 12.3. The molecule has 6 nitrogen and oxygen atoms in total. The molecule has 0 spiro atoms. The van der Waals surface area contributed by atoms with Crippen molar-refractivity contribution in [2.45, 2.75) is 64.8 Å². The van der Waals surface area contributed by atoms with Crippen LogP contribution >= 0.6 is 0 Å². The van der Waals surface area contributed by atoms with E-state index in [4.69, 9.17) is 13.9 Å². The molecule has 0 saturated carbocycles. The van der Waals surface area contributed by atoms with Crippen LogP contribution in [0.15, 0.2) is 46.9 Å². The van der Waals surface area contributed by atoms with Crippen molar-refractivity contribution in [1.82, 2.24) is 5.32 Å². The third-order valence-electron chi connectivity index (χ3n) is 7.43. The molecule has 0 fully saturated rings. The van der Waals surface area contributed by atoms with Gasteiger partial charge in [0.1, 0.15) is 11.5 Å². The number of hydrogen-bond acceptors (Lipinski definition) is 5. The topological polar surface area (TPSA) is 77.8 Å². The van der Waals surface area contributed by atoms with Crippen LogP contribution in [0, 0.1) is 6.92 Å². The summed E-state index contributed by atoms with van der Waals surface area (Å²) in [5.74, 6) is 0.891. The molecule has 0 atom stereocenters. The number of carbonyl (C=O) groups excluding carboxylic acids is 2. The van der Waals surface area contributed by atoms with Crippen LogP contribution in [-0.2, 0) is 17.4 Å². The third kappa shape index (κ3) is 4.77. The van der Waals surface area contributed by atoms with E-state index >= 15 is 0 Å². The number of hydrogen-bond donors (Lipinski definition) is 1. The zero-order valence-corrected chi connectivity index (χ0v) is 22.2. The van der Waals surface area contributed by atoms with Gasteiger partial charge in [0.25, 0.3) is 5.91 Å². The molecule has 0 aliphatic heterocycles. The van der Waals surface area contributed by atoms with Crippen LogP contribution in [0.3, 0.4) is 0 Å². The number of methoxy groups -OCH3 is 2. The Morgan fingerprint density at radius 3 is 2.17 bits per heavy atom. The van der Waals surface area contributed by atoms with Crippen molar-refractivity contribution in [2.75, 3.05) is 14.2 Å². The van der Waals surface area contributed by atoms with Crippen LogP contribution in [-0.4, -0.2) is 25.9 Å². The van der Waals surface area contributed by atoms with E-state index in [0.717, 1.165) is 24.0 Å². The number of rotatable bonds is 7. The number of benzene rings is 2. The van der Waals surface area contributed by atoms with Gasteiger partial charge in [0.15, 0.2) is 11.5 Å². The minimum absolute atomic E-state index is 0.00962. The second-order valence-electron chi connectivity index (χ2n) is 10.8. The second-order valence-corrected chi connectivity index (χ2v) is 10.8. The van der Waals surface area contributed by atoms with E-state index in [9.17, 15) is 9.59 Å². The molecule has 4 rings (SSSR count). The van der Waals surface area contributed by atoms with Crippen molar-refractivity contribution in [3.05, 3.63) is 81.8 Å². The lowest BCUT2D eigenvalue weighted by Crippen LogP contribution is -2.34. The second kappa shape index (κ2) is 9.49. The summed E-state index contributed by atoms with van der Waals surface area (Å²) in [5.41, 5.74) is 4.91. The Hall–Kier alpha value is -3.54. The number of ether oxygens (including phenoxy) is 2. The van der Waals surface area contributed by atoms with E-state index in [2.05, 4.69) is 39.1 Å². The highest BCUT2D eigenvalue weighted by atomic mass is 16.5. The van der Waals surface area contributed by atoms with Crippen molar-refractivity contribution in [1.29, 1.82) is 0 Å². The number of nitrogens with one attached hydrogen (secondary N) is 1. The molecule has 6 heteroatoms. The maximum Gasteiger partial charge on any atom is 0.287 e. The summed E-state index contributed by atoms with van der Waals surface area (Å²) >= 11 is 0. The average Bonchev–Trinajstić information content (AvgIpc) is 3.35. The van der Waals surface area contributed by atoms with Gasteiger partial charge in [-0.2, -0.15) is 0 Å². The van der Waals surface area contributed by atoms with Crippen LogP contribution in [0.2, 0.25) is 0 Å². The highest BCUT2D eigenvalue weighted by Crippen LogP contribution is 2.46. The number of ketones is 1. The molecule has 1 aliphatic rings. The van der Waals surface area contributed by atoms with E-state index in [0.29, 0.717) is 17.1 Å². The lowest BCUT2D eigenvalue weighted by Gasteiger charge is -2.42. The fourth-order valence-corrected chi connectivity index (χ4v) is 4.94. The van der Waals surface area contributed by atoms with Gasteiger partial charge < -0.3 is 19.2 Å². The molecule has 0 saturated heterocycles. The Labute approximate surface area is 213 Å². The summed E-state index contributed by atoms with van der Waals surface area (Å²) < 4.78 is 16.3. The molecule has 36 heavy (non-hydrogen) atoms. The molecule has 0 bridgehead atoms. The van der Waals surface area contributed by atoms with Crippen molar-refractivity contribution in [3.63, 3.8) is 0 Å². The molecule has 1 aliphatic carbocycles. The normalized spacial score (nSPS) is 15.6. The molecule has 0 unspecified atom stereocenters. The Balaban J connectivity index is 1.54. The standard InChI is InChI=1S/C30H35NO5/c1-18-14-22-23(30(4,5)13-12-29(22,2)3)16-21(18)27(32)24-10-11-25(36-24)28(33)31-17-19-8-9-20(34-6)15-26(19)35-7/h8-11,14-16H,12-13,17H2,1-7H3,(H,31,33). The van der Waals surface area contributed by atoms with Crippen LogP contribution in [0.1, 0.15) is 89.5 Å². The smallest absolute Gasteiger partial charge is 0.287 e. The Bertz CT molecular complexity index is 1310. The monoisotopic (exact) mass is 489 g/mol. The van der Waals surface area contributed by atoms with E-state index in [-0.39, 0.29) is 34.7 Å². The molecule has 1 N–H and O–H groups in total. The lowest BCUT2D eigenvalue weighted by atomic mass is 9.62. The van der Waals surface area contributed by atoms with Gasteiger partial charge in [-0.05, 0) is 77.6 Å². The number of fused-ring (bicyclic) bond motifs is 1. The molecule has 1 aromatic heterocycles. The number of carbonyl (C=O) groups is 2. The van der Waals surface area contributed by atoms with E-state index in [1.165, 1.54) is 17.2 Å². The molecule has 1 amide bonds. The van der Waals surface area contributed by atoms with E-state index in [1.54, 1.807) is 32.4 Å². The summed E-state index contributed by atoms with van der Waals surface area (Å²) in [6, 6.07) is 12.7. The van der Waals surface area contributed by atoms with Crippen LogP contribution in [0.25, 0.3) is 0 Å². The predicted molar refractivity (Wildman–Crippen MR) is 139 cm³/mol. The molecule has 190 valence electrons. The largest absolute Gasteiger partial charge is 0.497 e. The van der Waals surface area contributed by atoms with Crippen LogP contribution < -0.4 is 14.8 Å². The maximum absolute atomic E-state index is 13.4. The molecular weight excluding hydrogens is 454 g/mol. The minimum Gasteiger partial charge on any atom is -0.497 e. The summed E-state index contributed by atoms with van der Waals surface area (Å²) in [7, 11) is 3.15.